The van der Waals surface area contributed by atoms with Gasteiger partial charge in [-0.1, -0.05) is 41.6 Å². The minimum atomic E-state index is -0.0217. The Hall–Kier alpha value is -2.11. The fourth-order valence-electron chi connectivity index (χ4n) is 3.24. The summed E-state index contributed by atoms with van der Waals surface area (Å²) in [5, 5.41) is 1.37. The van der Waals surface area contributed by atoms with Crippen molar-refractivity contribution in [3.8, 4) is 5.69 Å². The van der Waals surface area contributed by atoms with Gasteiger partial charge in [-0.05, 0) is 50.5 Å². The van der Waals surface area contributed by atoms with Crippen molar-refractivity contribution in [1.29, 1.82) is 0 Å². The first-order valence-electron chi connectivity index (χ1n) is 9.05. The molecular weight excluding hydrogens is 344 g/mol. The van der Waals surface area contributed by atoms with Gasteiger partial charge >= 0.3 is 0 Å². The zero-order valence-electron chi connectivity index (χ0n) is 14.9. The highest BCUT2D eigenvalue weighted by atomic mass is 32.2. The van der Waals surface area contributed by atoms with Crippen molar-refractivity contribution in [2.24, 2.45) is 0 Å². The second kappa shape index (κ2) is 7.64. The zero-order valence-corrected chi connectivity index (χ0v) is 15.7. The van der Waals surface area contributed by atoms with E-state index in [0.29, 0.717) is 5.39 Å². The van der Waals surface area contributed by atoms with Gasteiger partial charge in [0, 0.05) is 12.4 Å². The third-order valence-corrected chi connectivity index (χ3v) is 5.78. The molecule has 4 rings (SSSR count). The van der Waals surface area contributed by atoms with Gasteiger partial charge in [-0.3, -0.25) is 9.36 Å². The van der Waals surface area contributed by atoms with Crippen LogP contribution in [-0.4, -0.2) is 28.0 Å². The molecule has 5 heteroatoms. The number of ether oxygens (including phenoxy) is 1. The molecule has 3 aromatic rings. The molecular formula is C21H22N2O2S. The van der Waals surface area contributed by atoms with E-state index < -0.39 is 0 Å². The molecule has 0 aliphatic carbocycles. The molecule has 1 atom stereocenters. The summed E-state index contributed by atoms with van der Waals surface area (Å²) in [7, 11) is 0. The lowest BCUT2D eigenvalue weighted by Gasteiger charge is -2.22. The Morgan fingerprint density at radius 2 is 1.96 bits per heavy atom. The van der Waals surface area contributed by atoms with E-state index in [9.17, 15) is 4.79 Å². The quantitative estimate of drug-likeness (QED) is 0.508. The molecule has 1 aromatic heterocycles. The van der Waals surface area contributed by atoms with E-state index in [4.69, 9.17) is 9.72 Å². The van der Waals surface area contributed by atoms with Crippen molar-refractivity contribution in [1.82, 2.24) is 9.55 Å². The van der Waals surface area contributed by atoms with Gasteiger partial charge in [-0.2, -0.15) is 0 Å². The summed E-state index contributed by atoms with van der Waals surface area (Å²) in [6, 6.07) is 15.6. The number of benzene rings is 2. The molecule has 0 radical (unpaired) electrons. The van der Waals surface area contributed by atoms with Crippen molar-refractivity contribution < 1.29 is 4.74 Å². The van der Waals surface area contributed by atoms with E-state index >= 15 is 0 Å². The van der Waals surface area contributed by atoms with Crippen molar-refractivity contribution in [3.63, 3.8) is 0 Å². The minimum absolute atomic E-state index is 0.0217. The summed E-state index contributed by atoms with van der Waals surface area (Å²) in [6.45, 7) is 2.88. The highest BCUT2D eigenvalue weighted by molar-refractivity contribution is 7.99. The lowest BCUT2D eigenvalue weighted by molar-refractivity contribution is 0.0315. The van der Waals surface area contributed by atoms with E-state index in [-0.39, 0.29) is 11.7 Å². The Balaban J connectivity index is 1.77. The molecule has 0 saturated carbocycles. The van der Waals surface area contributed by atoms with Crippen LogP contribution in [0.15, 0.2) is 58.5 Å². The molecule has 4 nitrogen and oxygen atoms in total. The summed E-state index contributed by atoms with van der Waals surface area (Å²) in [5.74, 6) is 0.816. The topological polar surface area (TPSA) is 44.1 Å². The molecule has 1 aliphatic heterocycles. The van der Waals surface area contributed by atoms with Crippen molar-refractivity contribution in [2.45, 2.75) is 37.4 Å². The van der Waals surface area contributed by atoms with Gasteiger partial charge < -0.3 is 4.74 Å². The summed E-state index contributed by atoms with van der Waals surface area (Å²) in [6.07, 6.45) is 3.67. The minimum Gasteiger partial charge on any atom is -0.377 e. The first-order chi connectivity index (χ1) is 12.7. The van der Waals surface area contributed by atoms with Crippen LogP contribution in [0.2, 0.25) is 0 Å². The summed E-state index contributed by atoms with van der Waals surface area (Å²) in [5.41, 5.74) is 2.74. The lowest BCUT2D eigenvalue weighted by Crippen LogP contribution is -2.24. The molecule has 1 saturated heterocycles. The van der Waals surface area contributed by atoms with Gasteiger partial charge in [-0.25, -0.2) is 4.98 Å². The van der Waals surface area contributed by atoms with E-state index in [1.54, 1.807) is 16.3 Å². The first kappa shape index (κ1) is 17.3. The van der Waals surface area contributed by atoms with Gasteiger partial charge in [-0.15, -0.1) is 0 Å². The number of para-hydroxylation sites is 1. The third-order valence-electron chi connectivity index (χ3n) is 4.71. The average Bonchev–Trinajstić information content (AvgIpc) is 2.68. The summed E-state index contributed by atoms with van der Waals surface area (Å²) >= 11 is 1.61. The molecule has 1 aliphatic rings. The maximum atomic E-state index is 13.2. The van der Waals surface area contributed by atoms with E-state index in [1.165, 1.54) is 12.0 Å². The van der Waals surface area contributed by atoms with Gasteiger partial charge in [0.05, 0.1) is 22.7 Å². The van der Waals surface area contributed by atoms with Gasteiger partial charge in [0.1, 0.15) is 0 Å². The first-order valence-corrected chi connectivity index (χ1v) is 10.0. The largest absolute Gasteiger partial charge is 0.377 e. The smallest absolute Gasteiger partial charge is 0.266 e. The van der Waals surface area contributed by atoms with Crippen LogP contribution >= 0.6 is 11.8 Å². The van der Waals surface area contributed by atoms with E-state index in [2.05, 4.69) is 0 Å². The third kappa shape index (κ3) is 3.55. The molecule has 1 fully saturated rings. The fourth-order valence-corrected chi connectivity index (χ4v) is 4.32. The number of hydrogen-bond donors (Lipinski definition) is 0. The zero-order chi connectivity index (χ0) is 17.9. The summed E-state index contributed by atoms with van der Waals surface area (Å²) < 4.78 is 7.57. The molecule has 26 heavy (non-hydrogen) atoms. The van der Waals surface area contributed by atoms with Crippen LogP contribution < -0.4 is 5.56 Å². The molecule has 2 aromatic carbocycles. The Labute approximate surface area is 157 Å². The molecule has 0 N–H and O–H groups in total. The number of aromatic nitrogens is 2. The van der Waals surface area contributed by atoms with E-state index in [0.717, 1.165) is 41.6 Å². The second-order valence-corrected chi connectivity index (χ2v) is 7.67. The second-order valence-electron chi connectivity index (χ2n) is 6.69. The van der Waals surface area contributed by atoms with E-state index in [1.807, 2.05) is 55.5 Å². The van der Waals surface area contributed by atoms with Crippen molar-refractivity contribution >= 4 is 22.7 Å². The number of fused-ring (bicyclic) bond motifs is 1. The van der Waals surface area contributed by atoms with Crippen LogP contribution in [-0.2, 0) is 4.74 Å². The molecule has 0 bridgehead atoms. The number of rotatable bonds is 4. The fraction of sp³-hybridized carbons (Fsp3) is 0.333. The average molecular weight is 366 g/mol. The van der Waals surface area contributed by atoms with Crippen LogP contribution in [0, 0.1) is 6.92 Å². The van der Waals surface area contributed by atoms with Crippen LogP contribution in [0.1, 0.15) is 24.8 Å². The number of nitrogens with zero attached hydrogens (tertiary/aromatic N) is 2. The lowest BCUT2D eigenvalue weighted by atomic mass is 10.1. The van der Waals surface area contributed by atoms with Crippen LogP contribution in [0.5, 0.6) is 0 Å². The van der Waals surface area contributed by atoms with Crippen LogP contribution in [0.3, 0.4) is 0 Å². The Bertz CT molecular complexity index is 960. The molecule has 0 unspecified atom stereocenters. The van der Waals surface area contributed by atoms with Gasteiger partial charge in [0.15, 0.2) is 5.16 Å². The monoisotopic (exact) mass is 366 g/mol. The Kier molecular flexibility index (Phi) is 5.09. The summed E-state index contributed by atoms with van der Waals surface area (Å²) in [4.78, 5) is 18.0. The van der Waals surface area contributed by atoms with Gasteiger partial charge in [0.2, 0.25) is 0 Å². The Morgan fingerprint density at radius 3 is 2.73 bits per heavy atom. The van der Waals surface area contributed by atoms with Crippen molar-refractivity contribution in [3.05, 3.63) is 64.4 Å². The Morgan fingerprint density at radius 1 is 1.15 bits per heavy atom. The highest BCUT2D eigenvalue weighted by Gasteiger charge is 2.18. The van der Waals surface area contributed by atoms with Gasteiger partial charge in [0.25, 0.3) is 5.56 Å². The predicted molar refractivity (Wildman–Crippen MR) is 106 cm³/mol. The van der Waals surface area contributed by atoms with Crippen molar-refractivity contribution in [2.75, 3.05) is 12.4 Å². The maximum absolute atomic E-state index is 13.2. The normalized spacial score (nSPS) is 17.5. The molecule has 2 heterocycles. The number of thioether (sulfide) groups is 1. The standard InChI is InChI=1S/C21H22N2O2S/c1-15-9-11-16(12-10-15)23-20(24)18-7-2-3-8-19(18)22-21(23)26-14-17-6-4-5-13-25-17/h2-3,7-12,17H,4-6,13-14H2,1H3/t17-/m1/s1. The molecule has 0 spiro atoms. The molecule has 134 valence electrons. The number of hydrogen-bond acceptors (Lipinski definition) is 4. The maximum Gasteiger partial charge on any atom is 0.266 e. The molecule has 0 amide bonds. The highest BCUT2D eigenvalue weighted by Crippen LogP contribution is 2.25. The SMILES string of the molecule is Cc1ccc(-n2c(SC[C@H]3CCCCO3)nc3ccccc3c2=O)cc1. The number of aryl methyl sites for hydroxylation is 1. The van der Waals surface area contributed by atoms with Crippen LogP contribution in [0.25, 0.3) is 16.6 Å². The van der Waals surface area contributed by atoms with Crippen LogP contribution in [0.4, 0.5) is 0 Å². The predicted octanol–water partition coefficient (Wildman–Crippen LogP) is 4.36.